The van der Waals surface area contributed by atoms with Gasteiger partial charge < -0.3 is 9.47 Å². The molecule has 8 nitrogen and oxygen atoms in total. The standard InChI is InChI=1S/C24H32N6O2S/c1-17(2)29-11-13-30(14-12-29)33(31,32)26-21-7-9-25-24-23(21)20(16-28(24)4)19-6-5-18-8-10-27(3)22(18)15-19/h5-7,9,15-17H,8,10-14H2,1-4H3,(H,25,26). The molecule has 0 amide bonds. The molecule has 0 aliphatic carbocycles. The van der Waals surface area contributed by atoms with E-state index in [0.29, 0.717) is 24.8 Å². The maximum atomic E-state index is 13.3. The summed E-state index contributed by atoms with van der Waals surface area (Å²) in [5.41, 5.74) is 5.94. The number of benzene rings is 1. The van der Waals surface area contributed by atoms with E-state index in [1.54, 1.807) is 16.6 Å². The first-order valence-corrected chi connectivity index (χ1v) is 13.0. The second kappa shape index (κ2) is 8.30. The van der Waals surface area contributed by atoms with Crippen molar-refractivity contribution in [1.82, 2.24) is 18.8 Å². The van der Waals surface area contributed by atoms with Gasteiger partial charge in [0.1, 0.15) is 5.65 Å². The Morgan fingerprint density at radius 1 is 1.03 bits per heavy atom. The molecule has 4 heterocycles. The van der Waals surface area contributed by atoms with Gasteiger partial charge in [-0.2, -0.15) is 12.7 Å². The van der Waals surface area contributed by atoms with E-state index >= 15 is 0 Å². The Morgan fingerprint density at radius 2 is 1.79 bits per heavy atom. The highest BCUT2D eigenvalue weighted by Gasteiger charge is 2.29. The predicted octanol–water partition coefficient (Wildman–Crippen LogP) is 2.92. The Kier molecular flexibility index (Phi) is 5.58. The lowest BCUT2D eigenvalue weighted by Gasteiger charge is -2.36. The summed E-state index contributed by atoms with van der Waals surface area (Å²) in [5.74, 6) is 0. The van der Waals surface area contributed by atoms with Gasteiger partial charge in [-0.15, -0.1) is 0 Å². The van der Waals surface area contributed by atoms with E-state index in [1.165, 1.54) is 11.3 Å². The van der Waals surface area contributed by atoms with Crippen molar-refractivity contribution in [2.75, 3.05) is 49.4 Å². The predicted molar refractivity (Wildman–Crippen MR) is 134 cm³/mol. The molecule has 9 heteroatoms. The van der Waals surface area contributed by atoms with E-state index in [0.717, 1.165) is 48.2 Å². The van der Waals surface area contributed by atoms with Gasteiger partial charge in [-0.25, -0.2) is 4.98 Å². The molecule has 2 aromatic heterocycles. The minimum Gasteiger partial charge on any atom is -0.374 e. The van der Waals surface area contributed by atoms with Gasteiger partial charge in [-0.1, -0.05) is 12.1 Å². The number of hydrogen-bond acceptors (Lipinski definition) is 5. The number of hydrogen-bond donors (Lipinski definition) is 1. The van der Waals surface area contributed by atoms with Crippen molar-refractivity contribution in [3.8, 4) is 11.1 Å². The zero-order valence-corrected chi connectivity index (χ0v) is 20.6. The van der Waals surface area contributed by atoms with Crippen LogP contribution in [-0.2, 0) is 23.7 Å². The zero-order valence-electron chi connectivity index (χ0n) is 19.7. The molecule has 176 valence electrons. The molecule has 1 aromatic carbocycles. The molecule has 33 heavy (non-hydrogen) atoms. The number of aromatic nitrogens is 2. The SMILES string of the molecule is CC(C)N1CCN(S(=O)(=O)Nc2ccnc3c2c(-c2ccc4c(c2)N(C)CC4)cn3C)CC1. The highest BCUT2D eigenvalue weighted by atomic mass is 32.2. The van der Waals surface area contributed by atoms with Crippen molar-refractivity contribution in [2.45, 2.75) is 26.3 Å². The van der Waals surface area contributed by atoms with Gasteiger partial charge in [-0.3, -0.25) is 9.62 Å². The fourth-order valence-electron chi connectivity index (χ4n) is 4.98. The van der Waals surface area contributed by atoms with Crippen LogP contribution in [-0.4, -0.2) is 73.0 Å². The van der Waals surface area contributed by atoms with Crippen LogP contribution in [0.4, 0.5) is 11.4 Å². The molecule has 0 atom stereocenters. The Morgan fingerprint density at radius 3 is 2.52 bits per heavy atom. The lowest BCUT2D eigenvalue weighted by atomic mass is 10.0. The van der Waals surface area contributed by atoms with E-state index in [9.17, 15) is 8.42 Å². The summed E-state index contributed by atoms with van der Waals surface area (Å²) in [6, 6.07) is 8.69. The molecule has 0 unspecified atom stereocenters. The third-order valence-electron chi connectivity index (χ3n) is 6.96. The molecule has 1 fully saturated rings. The van der Waals surface area contributed by atoms with Crippen LogP contribution in [0, 0.1) is 0 Å². The van der Waals surface area contributed by atoms with E-state index in [1.807, 2.05) is 17.8 Å². The number of piperazine rings is 1. The molecule has 1 saturated heterocycles. The van der Waals surface area contributed by atoms with Crippen LogP contribution in [0.15, 0.2) is 36.7 Å². The van der Waals surface area contributed by atoms with Gasteiger partial charge >= 0.3 is 10.2 Å². The average Bonchev–Trinajstić information content (AvgIpc) is 3.34. The number of pyridine rings is 1. The first-order valence-electron chi connectivity index (χ1n) is 11.5. The second-order valence-electron chi connectivity index (χ2n) is 9.36. The maximum absolute atomic E-state index is 13.3. The van der Waals surface area contributed by atoms with E-state index in [-0.39, 0.29) is 0 Å². The Bertz CT molecular complexity index is 1290. The summed E-state index contributed by atoms with van der Waals surface area (Å²) in [5, 5.41) is 0.824. The minimum absolute atomic E-state index is 0.417. The lowest BCUT2D eigenvalue weighted by molar-refractivity contribution is 0.154. The normalized spacial score (nSPS) is 17.8. The second-order valence-corrected chi connectivity index (χ2v) is 11.0. The first-order chi connectivity index (χ1) is 15.7. The molecule has 0 spiro atoms. The van der Waals surface area contributed by atoms with Gasteiger partial charge in [0.15, 0.2) is 0 Å². The average molecular weight is 469 g/mol. The van der Waals surface area contributed by atoms with Gasteiger partial charge in [0.25, 0.3) is 0 Å². The van der Waals surface area contributed by atoms with Crippen molar-refractivity contribution in [2.24, 2.45) is 7.05 Å². The Labute approximate surface area is 196 Å². The summed E-state index contributed by atoms with van der Waals surface area (Å²) in [7, 11) is 0.383. The summed E-state index contributed by atoms with van der Waals surface area (Å²) in [4.78, 5) is 9.11. The summed E-state index contributed by atoms with van der Waals surface area (Å²) < 4.78 is 33.0. The lowest BCUT2D eigenvalue weighted by Crippen LogP contribution is -2.51. The molecule has 0 saturated carbocycles. The van der Waals surface area contributed by atoms with E-state index in [4.69, 9.17) is 0 Å². The largest absolute Gasteiger partial charge is 0.374 e. The molecular weight excluding hydrogens is 436 g/mol. The fraction of sp³-hybridized carbons (Fsp3) is 0.458. The highest BCUT2D eigenvalue weighted by Crippen LogP contribution is 2.38. The smallest absolute Gasteiger partial charge is 0.301 e. The van der Waals surface area contributed by atoms with Crippen LogP contribution in [0.1, 0.15) is 19.4 Å². The van der Waals surface area contributed by atoms with Crippen LogP contribution in [0.3, 0.4) is 0 Å². The quantitative estimate of drug-likeness (QED) is 0.623. The van der Waals surface area contributed by atoms with Gasteiger partial charge in [-0.05, 0) is 43.5 Å². The van der Waals surface area contributed by atoms with Crippen molar-refractivity contribution in [3.05, 3.63) is 42.2 Å². The highest BCUT2D eigenvalue weighted by molar-refractivity contribution is 7.90. The molecule has 0 bridgehead atoms. The molecule has 2 aliphatic heterocycles. The topological polar surface area (TPSA) is 73.7 Å². The van der Waals surface area contributed by atoms with Crippen molar-refractivity contribution in [1.29, 1.82) is 0 Å². The molecule has 3 aromatic rings. The monoisotopic (exact) mass is 468 g/mol. The zero-order chi connectivity index (χ0) is 23.3. The van der Waals surface area contributed by atoms with Crippen molar-refractivity contribution in [3.63, 3.8) is 0 Å². The van der Waals surface area contributed by atoms with Crippen LogP contribution in [0.25, 0.3) is 22.2 Å². The van der Waals surface area contributed by atoms with Gasteiger partial charge in [0.05, 0.1) is 11.1 Å². The number of likely N-dealkylation sites (N-methyl/N-ethyl adjacent to an activating group) is 1. The molecular formula is C24H32N6O2S. The number of nitrogens with one attached hydrogen (secondary N) is 1. The summed E-state index contributed by atoms with van der Waals surface area (Å²) >= 11 is 0. The Balaban J connectivity index is 1.51. The third kappa shape index (κ3) is 3.98. The first kappa shape index (κ1) is 22.2. The molecule has 1 N–H and O–H groups in total. The van der Waals surface area contributed by atoms with Crippen LogP contribution >= 0.6 is 0 Å². The van der Waals surface area contributed by atoms with Crippen molar-refractivity contribution >= 4 is 32.6 Å². The number of aryl methyl sites for hydroxylation is 1. The number of fused-ring (bicyclic) bond motifs is 2. The van der Waals surface area contributed by atoms with Crippen LogP contribution < -0.4 is 9.62 Å². The third-order valence-corrected chi connectivity index (χ3v) is 8.49. The van der Waals surface area contributed by atoms with Crippen molar-refractivity contribution < 1.29 is 8.42 Å². The number of rotatable bonds is 5. The maximum Gasteiger partial charge on any atom is 0.301 e. The number of nitrogens with zero attached hydrogens (tertiary/aromatic N) is 5. The molecule has 2 aliphatic rings. The summed E-state index contributed by atoms with van der Waals surface area (Å²) in [6.07, 6.45) is 4.75. The van der Waals surface area contributed by atoms with E-state index in [2.05, 4.69) is 58.6 Å². The fourth-order valence-corrected chi connectivity index (χ4v) is 6.20. The minimum atomic E-state index is -3.67. The van der Waals surface area contributed by atoms with E-state index < -0.39 is 10.2 Å². The number of anilines is 2. The van der Waals surface area contributed by atoms with Gasteiger partial charge in [0.2, 0.25) is 0 Å². The molecule has 5 rings (SSSR count). The van der Waals surface area contributed by atoms with Crippen LogP contribution in [0.2, 0.25) is 0 Å². The van der Waals surface area contributed by atoms with Crippen LogP contribution in [0.5, 0.6) is 0 Å². The Hall–Kier alpha value is -2.62. The summed E-state index contributed by atoms with van der Waals surface area (Å²) in [6.45, 7) is 7.76. The molecule has 0 radical (unpaired) electrons. The van der Waals surface area contributed by atoms with Gasteiger partial charge in [0, 0.05) is 76.5 Å².